The van der Waals surface area contributed by atoms with Crippen LogP contribution in [-0.4, -0.2) is 44.2 Å². The lowest BCUT2D eigenvalue weighted by molar-refractivity contribution is -0.135. The van der Waals surface area contributed by atoms with Gasteiger partial charge in [-0.2, -0.15) is 0 Å². The van der Waals surface area contributed by atoms with Crippen LogP contribution >= 0.6 is 0 Å². The third-order valence-electron chi connectivity index (χ3n) is 9.21. The smallest absolute Gasteiger partial charge is 0.249 e. The van der Waals surface area contributed by atoms with Crippen molar-refractivity contribution < 1.29 is 37.8 Å². The number of nitrogens with zero attached hydrogens (tertiary/aromatic N) is 2. The van der Waals surface area contributed by atoms with E-state index in [9.17, 15) is 19.8 Å². The molecule has 0 saturated carbocycles. The summed E-state index contributed by atoms with van der Waals surface area (Å²) in [6.07, 6.45) is -0.623. The maximum atomic E-state index is 15.1. The Morgan fingerprint density at radius 2 is 1.91 bits per heavy atom. The summed E-state index contributed by atoms with van der Waals surface area (Å²) in [5.41, 5.74) is 1.82. The first-order valence-electron chi connectivity index (χ1n) is 15.5. The quantitative estimate of drug-likeness (QED) is 0.231. The van der Waals surface area contributed by atoms with Gasteiger partial charge < -0.3 is 34.4 Å². The van der Waals surface area contributed by atoms with E-state index in [0.29, 0.717) is 22.6 Å². The molecule has 1 amide bonds. The van der Waals surface area contributed by atoms with E-state index in [4.69, 9.17) is 18.6 Å². The van der Waals surface area contributed by atoms with Crippen molar-refractivity contribution in [1.29, 1.82) is 0 Å². The Morgan fingerprint density at radius 1 is 1.11 bits per heavy atom. The highest BCUT2D eigenvalue weighted by Crippen LogP contribution is 2.59. The third kappa shape index (κ3) is 4.61. The molecule has 0 saturated heterocycles. The number of ketones is 1. The number of rotatable bonds is 7. The molecule has 46 heavy (non-hydrogen) atoms. The summed E-state index contributed by atoms with van der Waals surface area (Å²) in [7, 11) is 0. The largest absolute Gasteiger partial charge is 0.469 e. The third-order valence-corrected chi connectivity index (χ3v) is 9.21. The van der Waals surface area contributed by atoms with Crippen molar-refractivity contribution in [2.75, 3.05) is 5.32 Å². The van der Waals surface area contributed by atoms with Crippen molar-refractivity contribution in [3.63, 3.8) is 0 Å². The normalized spacial score (nSPS) is 23.6. The van der Waals surface area contributed by atoms with Crippen LogP contribution in [0.2, 0.25) is 0 Å². The molecular weight excluding hydrogens is 595 g/mol. The Hall–Kier alpha value is -4.55. The molecule has 2 aromatic carbocycles. The first kappa shape index (κ1) is 30.1. The molecule has 7 rings (SSSR count). The number of benzene rings is 2. The van der Waals surface area contributed by atoms with Gasteiger partial charge in [-0.3, -0.25) is 9.59 Å². The highest BCUT2D eigenvalue weighted by molar-refractivity contribution is 5.89. The monoisotopic (exact) mass is 630 g/mol. The predicted molar refractivity (Wildman–Crippen MR) is 162 cm³/mol. The zero-order chi connectivity index (χ0) is 32.5. The van der Waals surface area contributed by atoms with Gasteiger partial charge in [-0.05, 0) is 48.1 Å². The Bertz CT molecular complexity index is 1850. The summed E-state index contributed by atoms with van der Waals surface area (Å²) < 4.78 is 34.0. The molecule has 0 aliphatic carbocycles. The number of nitrogens with one attached hydrogen (secondary N) is 2. The Kier molecular flexibility index (Phi) is 7.24. The number of aliphatic hydroxyl groups excluding tert-OH is 2. The van der Waals surface area contributed by atoms with Gasteiger partial charge in [-0.25, -0.2) is 14.4 Å². The van der Waals surface area contributed by atoms with Crippen LogP contribution in [0, 0.1) is 23.6 Å². The zero-order valence-corrected chi connectivity index (χ0v) is 25.8. The van der Waals surface area contributed by atoms with E-state index < -0.39 is 41.3 Å². The number of hydrogen-bond donors (Lipinski definition) is 4. The Balaban J connectivity index is 1.49. The van der Waals surface area contributed by atoms with Crippen LogP contribution in [0.5, 0.6) is 5.75 Å². The minimum absolute atomic E-state index is 0.0754. The SMILES string of the molecule is CC(C)[C@H](O)C(=O)C[C@H]1Cc2ccc3c(c2)[C@@]2(c4cc(F)ccc4N[C@@H]2O3)c2oc(nc2-c2nc(CO)co2)[C@H](C(C)C)NC1=O. The van der Waals surface area contributed by atoms with Gasteiger partial charge in [0.05, 0.1) is 6.61 Å². The minimum Gasteiger partial charge on any atom is -0.469 e. The molecular formula is C34H35FN4O7. The molecule has 4 N–H and O–H groups in total. The number of anilines is 1. The first-order valence-corrected chi connectivity index (χ1v) is 15.5. The number of aromatic nitrogens is 2. The van der Waals surface area contributed by atoms with Crippen LogP contribution in [-0.2, 0) is 28.0 Å². The maximum absolute atomic E-state index is 15.1. The summed E-state index contributed by atoms with van der Waals surface area (Å²) in [5, 5.41) is 26.7. The van der Waals surface area contributed by atoms with Gasteiger partial charge in [0.1, 0.15) is 41.1 Å². The number of halogens is 1. The average Bonchev–Trinajstić information content (AvgIpc) is 3.79. The number of fused-ring (bicyclic) bond motifs is 4. The lowest BCUT2D eigenvalue weighted by Crippen LogP contribution is -2.41. The van der Waals surface area contributed by atoms with E-state index in [1.807, 2.05) is 26.0 Å². The Morgan fingerprint density at radius 3 is 2.63 bits per heavy atom. The molecule has 0 radical (unpaired) electrons. The highest BCUT2D eigenvalue weighted by atomic mass is 19.1. The van der Waals surface area contributed by atoms with E-state index in [1.54, 1.807) is 26.0 Å². The lowest BCUT2D eigenvalue weighted by Gasteiger charge is -2.28. The zero-order valence-electron chi connectivity index (χ0n) is 25.8. The van der Waals surface area contributed by atoms with Crippen LogP contribution in [0.1, 0.15) is 74.2 Å². The molecule has 5 heterocycles. The number of Topliss-reactive ketones (excluding diaryl/α,β-unsaturated/α-hetero) is 1. The van der Waals surface area contributed by atoms with Gasteiger partial charge in [-0.15, -0.1) is 0 Å². The van der Waals surface area contributed by atoms with Gasteiger partial charge in [0.25, 0.3) is 0 Å². The molecule has 12 heteroatoms. The molecule has 0 fully saturated rings. The molecule has 240 valence electrons. The summed E-state index contributed by atoms with van der Waals surface area (Å²) in [4.78, 5) is 36.4. The van der Waals surface area contributed by atoms with E-state index in [0.717, 1.165) is 5.56 Å². The minimum atomic E-state index is -1.26. The van der Waals surface area contributed by atoms with Crippen molar-refractivity contribution >= 4 is 17.4 Å². The van der Waals surface area contributed by atoms with Gasteiger partial charge in [0.2, 0.25) is 17.7 Å². The number of ether oxygens (including phenoxy) is 1. The fourth-order valence-corrected chi connectivity index (χ4v) is 6.80. The number of aliphatic hydroxyl groups is 2. The van der Waals surface area contributed by atoms with Crippen LogP contribution in [0.15, 0.2) is 51.5 Å². The average molecular weight is 631 g/mol. The second-order valence-corrected chi connectivity index (χ2v) is 13.0. The molecule has 5 atom stereocenters. The predicted octanol–water partition coefficient (Wildman–Crippen LogP) is 4.40. The van der Waals surface area contributed by atoms with E-state index in [-0.39, 0.29) is 66.1 Å². The molecule has 3 aliphatic rings. The van der Waals surface area contributed by atoms with Gasteiger partial charge in [-0.1, -0.05) is 39.8 Å². The molecule has 11 nitrogen and oxygen atoms in total. The second-order valence-electron chi connectivity index (χ2n) is 13.0. The summed E-state index contributed by atoms with van der Waals surface area (Å²) in [6.45, 7) is 6.94. The Labute approximate surface area is 264 Å². The number of carbonyl (C=O) groups is 2. The van der Waals surface area contributed by atoms with Crippen molar-refractivity contribution in [2.45, 2.75) is 70.9 Å². The summed E-state index contributed by atoms with van der Waals surface area (Å²) in [5.74, 6) is -1.56. The standard InChI is InChI=1S/C34H35FN4O7/c1-15(2)26-32-39-27(31-36-20(13-40)14-44-31)29(46-32)34-21-12-19(35)6-7-23(21)37-33(34)45-25-8-5-17(10-22(25)34)9-18(30(43)38-26)11-24(41)28(42)16(3)4/h5-8,10,12,14-16,18,26,28,33,37,40,42H,9,11,13H2,1-4H3,(H,38,43)/t18-,26+,28+,33-,34+/m1/s1. The van der Waals surface area contributed by atoms with Gasteiger partial charge >= 0.3 is 0 Å². The fourth-order valence-electron chi connectivity index (χ4n) is 6.80. The van der Waals surface area contributed by atoms with Crippen molar-refractivity contribution in [2.24, 2.45) is 17.8 Å². The molecule has 1 spiro atoms. The van der Waals surface area contributed by atoms with Gasteiger partial charge in [0, 0.05) is 29.2 Å². The molecule has 4 bridgehead atoms. The van der Waals surface area contributed by atoms with E-state index in [2.05, 4.69) is 15.6 Å². The summed E-state index contributed by atoms with van der Waals surface area (Å²) in [6, 6.07) is 9.23. The van der Waals surface area contributed by atoms with Crippen LogP contribution < -0.4 is 15.4 Å². The molecule has 2 aromatic heterocycles. The number of hydrogen-bond acceptors (Lipinski definition) is 10. The topological polar surface area (TPSA) is 160 Å². The molecule has 4 aromatic rings. The van der Waals surface area contributed by atoms with E-state index in [1.165, 1.54) is 18.4 Å². The summed E-state index contributed by atoms with van der Waals surface area (Å²) >= 11 is 0. The van der Waals surface area contributed by atoms with Crippen LogP contribution in [0.4, 0.5) is 10.1 Å². The number of carbonyl (C=O) groups excluding carboxylic acids is 2. The van der Waals surface area contributed by atoms with E-state index >= 15 is 4.39 Å². The maximum Gasteiger partial charge on any atom is 0.249 e. The lowest BCUT2D eigenvalue weighted by atomic mass is 9.72. The van der Waals surface area contributed by atoms with Crippen molar-refractivity contribution in [1.82, 2.24) is 15.3 Å². The van der Waals surface area contributed by atoms with Crippen LogP contribution in [0.3, 0.4) is 0 Å². The van der Waals surface area contributed by atoms with Crippen molar-refractivity contribution in [3.8, 4) is 17.3 Å². The number of oxazole rings is 2. The first-order chi connectivity index (χ1) is 22.0. The van der Waals surface area contributed by atoms with Crippen molar-refractivity contribution in [3.05, 3.63) is 82.5 Å². The number of amides is 1. The van der Waals surface area contributed by atoms with Crippen LogP contribution in [0.25, 0.3) is 11.6 Å². The molecule has 0 unspecified atom stereocenters. The highest BCUT2D eigenvalue weighted by Gasteiger charge is 2.61. The molecule has 3 aliphatic heterocycles. The van der Waals surface area contributed by atoms with Gasteiger partial charge in [0.15, 0.2) is 23.5 Å². The second kappa shape index (κ2) is 11.1. The fraction of sp³-hybridized carbons (Fsp3) is 0.412.